The summed E-state index contributed by atoms with van der Waals surface area (Å²) in [6, 6.07) is 8.92. The van der Waals surface area contributed by atoms with Crippen molar-refractivity contribution < 1.29 is 9.53 Å². The Bertz CT molecular complexity index is 516. The van der Waals surface area contributed by atoms with Gasteiger partial charge in [-0.25, -0.2) is 0 Å². The zero-order chi connectivity index (χ0) is 15.1. The number of benzene rings is 1. The van der Waals surface area contributed by atoms with Crippen LogP contribution in [0.5, 0.6) is 5.75 Å². The first-order valence-corrected chi connectivity index (χ1v) is 7.63. The average molecular weight is 286 g/mol. The largest absolute Gasteiger partial charge is 0.481 e. The molecule has 1 fully saturated rings. The van der Waals surface area contributed by atoms with E-state index in [0.717, 1.165) is 6.54 Å². The van der Waals surface area contributed by atoms with Gasteiger partial charge in [-0.1, -0.05) is 25.3 Å². The summed E-state index contributed by atoms with van der Waals surface area (Å²) in [7, 11) is 0. The Hall–Kier alpha value is -2.02. The van der Waals surface area contributed by atoms with Crippen molar-refractivity contribution in [3.63, 3.8) is 0 Å². The van der Waals surface area contributed by atoms with E-state index in [-0.39, 0.29) is 5.91 Å². The highest BCUT2D eigenvalue weighted by molar-refractivity contribution is 5.80. The maximum atomic E-state index is 12.0. The molecule has 1 saturated carbocycles. The van der Waals surface area contributed by atoms with E-state index in [1.54, 1.807) is 31.2 Å². The quantitative estimate of drug-likeness (QED) is 0.905. The van der Waals surface area contributed by atoms with Crippen LogP contribution in [0, 0.1) is 17.2 Å². The Morgan fingerprint density at radius 2 is 2.19 bits per heavy atom. The second-order valence-electron chi connectivity index (χ2n) is 5.65. The summed E-state index contributed by atoms with van der Waals surface area (Å²) in [5.74, 6) is 1.06. The molecule has 1 atom stereocenters. The summed E-state index contributed by atoms with van der Waals surface area (Å²) in [4.78, 5) is 12.0. The van der Waals surface area contributed by atoms with Crippen molar-refractivity contribution in [2.45, 2.75) is 45.1 Å². The van der Waals surface area contributed by atoms with Crippen LogP contribution < -0.4 is 10.1 Å². The number of hydrogen-bond donors (Lipinski definition) is 1. The lowest BCUT2D eigenvalue weighted by Crippen LogP contribution is -2.39. The lowest BCUT2D eigenvalue weighted by atomic mass is 9.89. The molecule has 1 aliphatic rings. The highest BCUT2D eigenvalue weighted by atomic mass is 16.5. The molecule has 1 aliphatic carbocycles. The van der Waals surface area contributed by atoms with Crippen LogP contribution in [0.2, 0.25) is 0 Å². The minimum absolute atomic E-state index is 0.0945. The van der Waals surface area contributed by atoms with Gasteiger partial charge in [0.2, 0.25) is 0 Å². The molecule has 0 spiro atoms. The first kappa shape index (κ1) is 15.4. The highest BCUT2D eigenvalue weighted by Gasteiger charge is 2.18. The van der Waals surface area contributed by atoms with E-state index < -0.39 is 6.10 Å². The predicted octanol–water partition coefficient (Wildman–Crippen LogP) is 3.02. The van der Waals surface area contributed by atoms with Gasteiger partial charge in [-0.15, -0.1) is 0 Å². The monoisotopic (exact) mass is 286 g/mol. The number of nitrogens with one attached hydrogen (secondary N) is 1. The Balaban J connectivity index is 1.80. The fraction of sp³-hybridized carbons (Fsp3) is 0.529. The van der Waals surface area contributed by atoms with Crippen LogP contribution in [0.3, 0.4) is 0 Å². The van der Waals surface area contributed by atoms with E-state index in [0.29, 0.717) is 17.2 Å². The third-order valence-electron chi connectivity index (χ3n) is 3.93. The zero-order valence-electron chi connectivity index (χ0n) is 12.5. The zero-order valence-corrected chi connectivity index (χ0v) is 12.5. The van der Waals surface area contributed by atoms with Crippen LogP contribution in [0.1, 0.15) is 44.6 Å². The molecular formula is C17H22N2O2. The SMILES string of the molecule is C[C@H](Oc1cccc(C#N)c1)C(=O)NCC1CCCCC1. The average Bonchev–Trinajstić information content (AvgIpc) is 2.53. The van der Waals surface area contributed by atoms with E-state index in [4.69, 9.17) is 10.00 Å². The molecule has 112 valence electrons. The van der Waals surface area contributed by atoms with Crippen molar-refractivity contribution in [1.82, 2.24) is 5.32 Å². The third kappa shape index (κ3) is 4.78. The molecule has 4 nitrogen and oxygen atoms in total. The van der Waals surface area contributed by atoms with Gasteiger partial charge >= 0.3 is 0 Å². The smallest absolute Gasteiger partial charge is 0.260 e. The molecule has 0 unspecified atom stereocenters. The topological polar surface area (TPSA) is 62.1 Å². The fourth-order valence-corrected chi connectivity index (χ4v) is 2.68. The van der Waals surface area contributed by atoms with Crippen LogP contribution in [0.25, 0.3) is 0 Å². The fourth-order valence-electron chi connectivity index (χ4n) is 2.68. The van der Waals surface area contributed by atoms with E-state index in [2.05, 4.69) is 11.4 Å². The van der Waals surface area contributed by atoms with Gasteiger partial charge < -0.3 is 10.1 Å². The van der Waals surface area contributed by atoms with Crippen molar-refractivity contribution >= 4 is 5.91 Å². The predicted molar refractivity (Wildman–Crippen MR) is 80.8 cm³/mol. The number of nitriles is 1. The summed E-state index contributed by atoms with van der Waals surface area (Å²) in [6.07, 6.45) is 5.72. The van der Waals surface area contributed by atoms with Crippen molar-refractivity contribution in [3.05, 3.63) is 29.8 Å². The van der Waals surface area contributed by atoms with Crippen LogP contribution in [0.15, 0.2) is 24.3 Å². The van der Waals surface area contributed by atoms with E-state index >= 15 is 0 Å². The summed E-state index contributed by atoms with van der Waals surface area (Å²) >= 11 is 0. The Morgan fingerprint density at radius 3 is 2.90 bits per heavy atom. The van der Waals surface area contributed by atoms with Crippen molar-refractivity contribution in [2.75, 3.05) is 6.54 Å². The molecule has 1 aromatic rings. The number of rotatable bonds is 5. The molecule has 1 amide bonds. The second-order valence-corrected chi connectivity index (χ2v) is 5.65. The van der Waals surface area contributed by atoms with Crippen LogP contribution in [-0.4, -0.2) is 18.6 Å². The lowest BCUT2D eigenvalue weighted by Gasteiger charge is -2.23. The maximum absolute atomic E-state index is 12.0. The molecule has 1 N–H and O–H groups in total. The molecule has 2 rings (SSSR count). The molecule has 0 heterocycles. The first-order chi connectivity index (χ1) is 10.2. The molecule has 0 radical (unpaired) electrons. The number of carbonyl (C=O) groups excluding carboxylic acids is 1. The maximum Gasteiger partial charge on any atom is 0.260 e. The number of ether oxygens (including phenoxy) is 1. The summed E-state index contributed by atoms with van der Waals surface area (Å²) in [5, 5.41) is 11.8. The van der Waals surface area contributed by atoms with Crippen molar-refractivity contribution in [1.29, 1.82) is 5.26 Å². The lowest BCUT2D eigenvalue weighted by molar-refractivity contribution is -0.127. The summed E-state index contributed by atoms with van der Waals surface area (Å²) in [6.45, 7) is 2.47. The number of nitrogens with zero attached hydrogens (tertiary/aromatic N) is 1. The standard InChI is InChI=1S/C17H22N2O2/c1-13(21-16-9-5-8-15(10-16)11-18)17(20)19-12-14-6-3-2-4-7-14/h5,8-10,13-14H,2-4,6-7,12H2,1H3,(H,19,20)/t13-/m0/s1. The van der Waals surface area contributed by atoms with Crippen molar-refractivity contribution in [2.24, 2.45) is 5.92 Å². The van der Waals surface area contributed by atoms with Gasteiger partial charge in [-0.2, -0.15) is 5.26 Å². The molecule has 4 heteroatoms. The minimum atomic E-state index is -0.553. The Morgan fingerprint density at radius 1 is 1.43 bits per heavy atom. The molecule has 1 aromatic carbocycles. The van der Waals surface area contributed by atoms with E-state index in [9.17, 15) is 4.79 Å². The van der Waals surface area contributed by atoms with Gasteiger partial charge in [0.05, 0.1) is 11.6 Å². The number of carbonyl (C=O) groups is 1. The summed E-state index contributed by atoms with van der Waals surface area (Å²) in [5.41, 5.74) is 0.530. The van der Waals surface area contributed by atoms with E-state index in [1.165, 1.54) is 32.1 Å². The van der Waals surface area contributed by atoms with Gasteiger partial charge in [0, 0.05) is 6.54 Å². The van der Waals surface area contributed by atoms with Gasteiger partial charge in [0.1, 0.15) is 5.75 Å². The van der Waals surface area contributed by atoms with Crippen molar-refractivity contribution in [3.8, 4) is 11.8 Å². The molecule has 0 aliphatic heterocycles. The Labute approximate surface area is 126 Å². The highest BCUT2D eigenvalue weighted by Crippen LogP contribution is 2.22. The summed E-state index contributed by atoms with van der Waals surface area (Å²) < 4.78 is 5.60. The van der Waals surface area contributed by atoms with Crippen LogP contribution in [0.4, 0.5) is 0 Å². The van der Waals surface area contributed by atoms with Gasteiger partial charge in [-0.05, 0) is 43.9 Å². The Kier molecular flexibility index (Phi) is 5.62. The molecular weight excluding hydrogens is 264 g/mol. The molecule has 21 heavy (non-hydrogen) atoms. The third-order valence-corrected chi connectivity index (χ3v) is 3.93. The van der Waals surface area contributed by atoms with Gasteiger partial charge in [-0.3, -0.25) is 4.79 Å². The van der Waals surface area contributed by atoms with E-state index in [1.807, 2.05) is 0 Å². The molecule has 0 aromatic heterocycles. The number of hydrogen-bond acceptors (Lipinski definition) is 3. The van der Waals surface area contributed by atoms with Gasteiger partial charge in [0.15, 0.2) is 6.10 Å². The molecule has 0 saturated heterocycles. The molecule has 0 bridgehead atoms. The second kappa shape index (κ2) is 7.68. The van der Waals surface area contributed by atoms with Gasteiger partial charge in [0.25, 0.3) is 5.91 Å². The normalized spacial score (nSPS) is 16.8. The van der Waals surface area contributed by atoms with Crippen LogP contribution >= 0.6 is 0 Å². The minimum Gasteiger partial charge on any atom is -0.481 e. The first-order valence-electron chi connectivity index (χ1n) is 7.63. The van der Waals surface area contributed by atoms with Crippen LogP contribution in [-0.2, 0) is 4.79 Å². The number of amides is 1.